The summed E-state index contributed by atoms with van der Waals surface area (Å²) in [4.78, 5) is 4.03. The smallest absolute Gasteiger partial charge is 0.457 e. The summed E-state index contributed by atoms with van der Waals surface area (Å²) in [7, 11) is 1.71. The van der Waals surface area contributed by atoms with Gasteiger partial charge in [0.2, 0.25) is 0 Å². The third kappa shape index (κ3) is 4.52. The number of nitrogens with zero attached hydrogens (tertiary/aromatic N) is 1. The number of hydrogen-bond donors (Lipinski definition) is 1. The van der Waals surface area contributed by atoms with E-state index in [2.05, 4.69) is 31.0 Å². The molecular formula is C13H10BrF3N2O2. The van der Waals surface area contributed by atoms with E-state index in [9.17, 15) is 13.2 Å². The Bertz CT molecular complexity index is 635. The zero-order valence-electron chi connectivity index (χ0n) is 10.7. The summed E-state index contributed by atoms with van der Waals surface area (Å²) in [5, 5.41) is 2.85. The maximum Gasteiger partial charge on any atom is 0.573 e. The van der Waals surface area contributed by atoms with Crippen molar-refractivity contribution < 1.29 is 22.6 Å². The van der Waals surface area contributed by atoms with Crippen LogP contribution in [0.5, 0.6) is 17.2 Å². The van der Waals surface area contributed by atoms with E-state index in [-0.39, 0.29) is 10.2 Å². The molecule has 0 spiro atoms. The molecule has 0 atom stereocenters. The Morgan fingerprint density at radius 2 is 1.86 bits per heavy atom. The van der Waals surface area contributed by atoms with Gasteiger partial charge in [-0.05, 0) is 40.2 Å². The van der Waals surface area contributed by atoms with Crippen LogP contribution in [0.2, 0.25) is 0 Å². The minimum absolute atomic E-state index is 0.139. The lowest BCUT2D eigenvalue weighted by Crippen LogP contribution is -2.17. The van der Waals surface area contributed by atoms with Crippen LogP contribution in [0, 0.1) is 0 Å². The van der Waals surface area contributed by atoms with Crippen LogP contribution in [-0.4, -0.2) is 18.4 Å². The number of nitrogens with one attached hydrogen (secondary N) is 1. The Morgan fingerprint density at radius 3 is 2.48 bits per heavy atom. The third-order valence-corrected chi connectivity index (χ3v) is 2.97. The minimum atomic E-state index is -4.74. The number of ether oxygens (including phenoxy) is 2. The highest BCUT2D eigenvalue weighted by molar-refractivity contribution is 9.10. The Kier molecular flexibility index (Phi) is 4.56. The summed E-state index contributed by atoms with van der Waals surface area (Å²) in [6, 6.07) is 7.24. The number of benzene rings is 1. The summed E-state index contributed by atoms with van der Waals surface area (Å²) >= 11 is 3.01. The van der Waals surface area contributed by atoms with Gasteiger partial charge in [-0.3, -0.25) is 0 Å². The average Bonchev–Trinajstić information content (AvgIpc) is 2.41. The van der Waals surface area contributed by atoms with Gasteiger partial charge in [0.05, 0.1) is 4.47 Å². The first kappa shape index (κ1) is 15.4. The standard InChI is InChI=1S/C13H10BrF3N2O2/c1-18-12-7-9(4-5-19-12)20-8-2-3-11(10(14)6-8)21-13(15,16)17/h2-7H,1H3,(H,18,19). The van der Waals surface area contributed by atoms with Crippen molar-refractivity contribution in [1.29, 1.82) is 0 Å². The molecule has 112 valence electrons. The van der Waals surface area contributed by atoms with E-state index >= 15 is 0 Å². The summed E-state index contributed by atoms with van der Waals surface area (Å²) in [5.41, 5.74) is 0. The molecule has 1 N–H and O–H groups in total. The maximum absolute atomic E-state index is 12.2. The predicted molar refractivity (Wildman–Crippen MR) is 74.7 cm³/mol. The lowest BCUT2D eigenvalue weighted by molar-refractivity contribution is -0.274. The van der Waals surface area contributed by atoms with Crippen LogP contribution in [0.4, 0.5) is 19.0 Å². The first-order valence-corrected chi connectivity index (χ1v) is 6.53. The Morgan fingerprint density at radius 1 is 1.14 bits per heavy atom. The quantitative estimate of drug-likeness (QED) is 0.864. The molecule has 0 unspecified atom stereocenters. The topological polar surface area (TPSA) is 43.4 Å². The normalized spacial score (nSPS) is 11.1. The number of hydrogen-bond acceptors (Lipinski definition) is 4. The molecule has 0 aliphatic carbocycles. The molecule has 4 nitrogen and oxygen atoms in total. The molecule has 21 heavy (non-hydrogen) atoms. The molecule has 0 aliphatic rings. The molecule has 0 saturated heterocycles. The second-order valence-electron chi connectivity index (χ2n) is 3.87. The molecule has 2 rings (SSSR count). The fraction of sp³-hybridized carbons (Fsp3) is 0.154. The lowest BCUT2D eigenvalue weighted by atomic mass is 10.3. The average molecular weight is 363 g/mol. The molecular weight excluding hydrogens is 353 g/mol. The van der Waals surface area contributed by atoms with E-state index in [1.165, 1.54) is 18.2 Å². The van der Waals surface area contributed by atoms with Crippen LogP contribution in [0.1, 0.15) is 0 Å². The number of pyridine rings is 1. The third-order valence-electron chi connectivity index (χ3n) is 2.35. The van der Waals surface area contributed by atoms with Gasteiger partial charge in [0.15, 0.2) is 0 Å². The molecule has 0 fully saturated rings. The molecule has 0 radical (unpaired) electrons. The highest BCUT2D eigenvalue weighted by atomic mass is 79.9. The van der Waals surface area contributed by atoms with E-state index in [0.717, 1.165) is 0 Å². The van der Waals surface area contributed by atoms with E-state index in [4.69, 9.17) is 4.74 Å². The molecule has 0 bridgehead atoms. The van der Waals surface area contributed by atoms with E-state index in [1.54, 1.807) is 25.4 Å². The van der Waals surface area contributed by atoms with Crippen molar-refractivity contribution in [2.45, 2.75) is 6.36 Å². The van der Waals surface area contributed by atoms with E-state index < -0.39 is 6.36 Å². The summed E-state index contributed by atoms with van der Waals surface area (Å²) in [6.45, 7) is 0. The first-order valence-electron chi connectivity index (χ1n) is 5.74. The van der Waals surface area contributed by atoms with Crippen LogP contribution in [0.15, 0.2) is 41.0 Å². The van der Waals surface area contributed by atoms with Gasteiger partial charge in [0.1, 0.15) is 23.1 Å². The molecule has 1 aromatic heterocycles. The maximum atomic E-state index is 12.2. The second-order valence-corrected chi connectivity index (χ2v) is 4.72. The number of halogens is 4. The van der Waals surface area contributed by atoms with Gasteiger partial charge in [-0.1, -0.05) is 0 Å². The van der Waals surface area contributed by atoms with Gasteiger partial charge >= 0.3 is 6.36 Å². The SMILES string of the molecule is CNc1cc(Oc2ccc(OC(F)(F)F)c(Br)c2)ccn1. The van der Waals surface area contributed by atoms with Gasteiger partial charge in [-0.15, -0.1) is 13.2 Å². The van der Waals surface area contributed by atoms with Gasteiger partial charge in [0, 0.05) is 19.3 Å². The van der Waals surface area contributed by atoms with Crippen LogP contribution >= 0.6 is 15.9 Å². The Hall–Kier alpha value is -1.96. The van der Waals surface area contributed by atoms with Crippen LogP contribution in [0.3, 0.4) is 0 Å². The van der Waals surface area contributed by atoms with Crippen molar-refractivity contribution >= 4 is 21.7 Å². The lowest BCUT2D eigenvalue weighted by Gasteiger charge is -2.12. The largest absolute Gasteiger partial charge is 0.573 e. The number of anilines is 1. The monoisotopic (exact) mass is 362 g/mol. The van der Waals surface area contributed by atoms with Crippen LogP contribution in [-0.2, 0) is 0 Å². The van der Waals surface area contributed by atoms with Gasteiger partial charge in [-0.2, -0.15) is 0 Å². The molecule has 0 aliphatic heterocycles. The van der Waals surface area contributed by atoms with Gasteiger partial charge in [0.25, 0.3) is 0 Å². The fourth-order valence-corrected chi connectivity index (χ4v) is 1.94. The second kappa shape index (κ2) is 6.21. The van der Waals surface area contributed by atoms with Crippen LogP contribution < -0.4 is 14.8 Å². The minimum Gasteiger partial charge on any atom is -0.457 e. The number of aromatic nitrogens is 1. The first-order chi connectivity index (χ1) is 9.87. The zero-order valence-corrected chi connectivity index (χ0v) is 12.3. The molecule has 8 heteroatoms. The van der Waals surface area contributed by atoms with Crippen molar-refractivity contribution in [3.05, 3.63) is 41.0 Å². The van der Waals surface area contributed by atoms with Crippen LogP contribution in [0.25, 0.3) is 0 Å². The van der Waals surface area contributed by atoms with Crippen molar-refractivity contribution in [3.63, 3.8) is 0 Å². The van der Waals surface area contributed by atoms with Crippen molar-refractivity contribution in [1.82, 2.24) is 4.98 Å². The van der Waals surface area contributed by atoms with Crippen molar-refractivity contribution in [2.75, 3.05) is 12.4 Å². The molecule has 1 aromatic carbocycles. The summed E-state index contributed by atoms with van der Waals surface area (Å²) < 4.78 is 46.0. The zero-order chi connectivity index (χ0) is 15.5. The molecule has 0 saturated carbocycles. The van der Waals surface area contributed by atoms with Crippen molar-refractivity contribution in [3.8, 4) is 17.2 Å². The number of rotatable bonds is 4. The Balaban J connectivity index is 2.16. The van der Waals surface area contributed by atoms with Gasteiger partial charge < -0.3 is 14.8 Å². The van der Waals surface area contributed by atoms with Gasteiger partial charge in [-0.25, -0.2) is 4.98 Å². The summed E-state index contributed by atoms with van der Waals surface area (Å²) in [5.74, 6) is 1.15. The molecule has 1 heterocycles. The fourth-order valence-electron chi connectivity index (χ4n) is 1.50. The highest BCUT2D eigenvalue weighted by Gasteiger charge is 2.32. The Labute approximate surface area is 127 Å². The van der Waals surface area contributed by atoms with E-state index in [0.29, 0.717) is 17.3 Å². The highest BCUT2D eigenvalue weighted by Crippen LogP contribution is 2.34. The molecule has 2 aromatic rings. The van der Waals surface area contributed by atoms with Crippen molar-refractivity contribution in [2.24, 2.45) is 0 Å². The molecule has 0 amide bonds. The summed E-state index contributed by atoms with van der Waals surface area (Å²) in [6.07, 6.45) is -3.19. The number of alkyl halides is 3. The van der Waals surface area contributed by atoms with E-state index in [1.807, 2.05) is 0 Å². The predicted octanol–water partition coefficient (Wildman–Crippen LogP) is 4.58.